The number of rotatable bonds is 10. The fourth-order valence-electron chi connectivity index (χ4n) is 1.76. The van der Waals surface area contributed by atoms with Gasteiger partial charge in [0.05, 0.1) is 7.11 Å². The molecule has 0 aromatic rings. The summed E-state index contributed by atoms with van der Waals surface area (Å²) in [5.74, 6) is 11.6. The van der Waals surface area contributed by atoms with Crippen LogP contribution < -0.4 is 0 Å². The molecule has 116 valence electrons. The van der Waals surface area contributed by atoms with Crippen molar-refractivity contribution in [3.05, 3.63) is 12.2 Å². The second-order valence-electron chi connectivity index (χ2n) is 4.96. The summed E-state index contributed by atoms with van der Waals surface area (Å²) in [5, 5.41) is 0. The number of esters is 1. The van der Waals surface area contributed by atoms with Gasteiger partial charge in [-0.3, -0.25) is 4.79 Å². The number of allylic oxidation sites excluding steroid dienone is 2. The van der Waals surface area contributed by atoms with Crippen LogP contribution >= 0.6 is 0 Å². The molecule has 0 aliphatic rings. The van der Waals surface area contributed by atoms with Crippen LogP contribution in [0.4, 0.5) is 0 Å². The van der Waals surface area contributed by atoms with Crippen LogP contribution in [-0.2, 0) is 9.53 Å². The van der Waals surface area contributed by atoms with Gasteiger partial charge in [-0.1, -0.05) is 56.9 Å². The molecule has 0 heterocycles. The molecule has 2 nitrogen and oxygen atoms in total. The van der Waals surface area contributed by atoms with Gasteiger partial charge in [-0.15, -0.1) is 0 Å². The van der Waals surface area contributed by atoms with Crippen LogP contribution in [0.15, 0.2) is 12.2 Å². The molecule has 0 atom stereocenters. The number of hydrogen-bond acceptors (Lipinski definition) is 2. The minimum Gasteiger partial charge on any atom is -0.469 e. The van der Waals surface area contributed by atoms with E-state index < -0.39 is 0 Å². The highest BCUT2D eigenvalue weighted by Crippen LogP contribution is 2.07. The molecule has 0 saturated carbocycles. The molecule has 0 N–H and O–H groups in total. The summed E-state index contributed by atoms with van der Waals surface area (Å²) < 4.78 is 4.59. The average Bonchev–Trinajstić information content (AvgIpc) is 2.50. The zero-order valence-corrected chi connectivity index (χ0v) is 13.5. The standard InChI is InChI=1S/C19H28O2/c1-3-4-5-6-7-8-9-10-11-12-13-14-15-16-17-18-19(20)21-2/h6-7H,3-5,12-18H2,1-2H3. The Morgan fingerprint density at radius 2 is 1.81 bits per heavy atom. The molecular weight excluding hydrogens is 260 g/mol. The quantitative estimate of drug-likeness (QED) is 0.332. The smallest absolute Gasteiger partial charge is 0.305 e. The van der Waals surface area contributed by atoms with Gasteiger partial charge in [0.15, 0.2) is 0 Å². The van der Waals surface area contributed by atoms with E-state index in [1.165, 1.54) is 26.4 Å². The van der Waals surface area contributed by atoms with E-state index in [1.54, 1.807) is 0 Å². The summed E-state index contributed by atoms with van der Waals surface area (Å²) in [6.07, 6.45) is 14.4. The summed E-state index contributed by atoms with van der Waals surface area (Å²) in [4.78, 5) is 10.9. The van der Waals surface area contributed by atoms with Gasteiger partial charge in [0.25, 0.3) is 0 Å². The number of carbonyl (C=O) groups excluding carboxylic acids is 1. The fourth-order valence-corrected chi connectivity index (χ4v) is 1.76. The lowest BCUT2D eigenvalue weighted by Crippen LogP contribution is -1.99. The van der Waals surface area contributed by atoms with Crippen LogP contribution in [0.25, 0.3) is 0 Å². The van der Waals surface area contributed by atoms with Gasteiger partial charge in [-0.25, -0.2) is 0 Å². The van der Waals surface area contributed by atoms with Crippen molar-refractivity contribution in [2.45, 2.75) is 71.1 Å². The van der Waals surface area contributed by atoms with Crippen molar-refractivity contribution in [2.75, 3.05) is 7.11 Å². The molecule has 0 bridgehead atoms. The Kier molecular flexibility index (Phi) is 15.1. The number of carbonyl (C=O) groups is 1. The first-order chi connectivity index (χ1) is 10.3. The van der Waals surface area contributed by atoms with Crippen molar-refractivity contribution in [3.8, 4) is 23.7 Å². The molecular formula is C19H28O2. The van der Waals surface area contributed by atoms with Gasteiger partial charge in [-0.2, -0.15) is 0 Å². The highest BCUT2D eigenvalue weighted by molar-refractivity contribution is 5.68. The molecule has 0 spiro atoms. The Labute approximate surface area is 130 Å². The molecule has 2 heteroatoms. The third-order valence-corrected chi connectivity index (χ3v) is 3.06. The summed E-state index contributed by atoms with van der Waals surface area (Å²) in [6, 6.07) is 0. The zero-order chi connectivity index (χ0) is 15.6. The van der Waals surface area contributed by atoms with Crippen molar-refractivity contribution < 1.29 is 9.53 Å². The van der Waals surface area contributed by atoms with E-state index in [2.05, 4.69) is 41.4 Å². The second kappa shape index (κ2) is 16.4. The molecule has 0 aromatic heterocycles. The van der Waals surface area contributed by atoms with E-state index in [1.807, 2.05) is 6.08 Å². The summed E-state index contributed by atoms with van der Waals surface area (Å²) in [6.45, 7) is 2.18. The lowest BCUT2D eigenvalue weighted by molar-refractivity contribution is -0.140. The van der Waals surface area contributed by atoms with Gasteiger partial charge in [-0.05, 0) is 37.2 Å². The topological polar surface area (TPSA) is 26.3 Å². The minimum absolute atomic E-state index is 0.108. The lowest BCUT2D eigenvalue weighted by Gasteiger charge is -1.99. The molecule has 0 rings (SSSR count). The zero-order valence-electron chi connectivity index (χ0n) is 13.5. The Morgan fingerprint density at radius 3 is 2.57 bits per heavy atom. The van der Waals surface area contributed by atoms with Gasteiger partial charge in [0.2, 0.25) is 0 Å². The summed E-state index contributed by atoms with van der Waals surface area (Å²) >= 11 is 0. The highest BCUT2D eigenvalue weighted by atomic mass is 16.5. The highest BCUT2D eigenvalue weighted by Gasteiger charge is 1.98. The Bertz CT molecular complexity index is 399. The van der Waals surface area contributed by atoms with Crippen LogP contribution in [0.3, 0.4) is 0 Å². The fraction of sp³-hybridized carbons (Fsp3) is 0.632. The van der Waals surface area contributed by atoms with Crippen LogP contribution in [0, 0.1) is 23.7 Å². The maximum Gasteiger partial charge on any atom is 0.305 e. The SMILES string of the molecule is CCCCC=CC#CC#CCCCCCCCC(=O)OC. The molecule has 0 aliphatic carbocycles. The van der Waals surface area contributed by atoms with Gasteiger partial charge < -0.3 is 4.74 Å². The largest absolute Gasteiger partial charge is 0.469 e. The molecule has 0 amide bonds. The van der Waals surface area contributed by atoms with E-state index in [9.17, 15) is 4.79 Å². The lowest BCUT2D eigenvalue weighted by atomic mass is 10.1. The van der Waals surface area contributed by atoms with E-state index in [-0.39, 0.29) is 5.97 Å². The summed E-state index contributed by atoms with van der Waals surface area (Å²) in [5.41, 5.74) is 0. The van der Waals surface area contributed by atoms with Gasteiger partial charge >= 0.3 is 5.97 Å². The van der Waals surface area contributed by atoms with E-state index in [4.69, 9.17) is 0 Å². The molecule has 0 saturated heterocycles. The number of methoxy groups -OCH3 is 1. The Hall–Kier alpha value is -1.67. The van der Waals surface area contributed by atoms with Crippen molar-refractivity contribution in [1.82, 2.24) is 0 Å². The predicted molar refractivity (Wildman–Crippen MR) is 88.6 cm³/mol. The van der Waals surface area contributed by atoms with Crippen LogP contribution in [0.2, 0.25) is 0 Å². The first-order valence-electron chi connectivity index (χ1n) is 8.01. The average molecular weight is 288 g/mol. The van der Waals surface area contributed by atoms with Gasteiger partial charge in [0, 0.05) is 12.8 Å². The first kappa shape index (κ1) is 19.3. The summed E-state index contributed by atoms with van der Waals surface area (Å²) in [7, 11) is 1.44. The predicted octanol–water partition coefficient (Wildman–Crippen LogP) is 4.64. The molecule has 21 heavy (non-hydrogen) atoms. The Morgan fingerprint density at radius 1 is 1.05 bits per heavy atom. The van der Waals surface area contributed by atoms with Crippen LogP contribution in [0.5, 0.6) is 0 Å². The van der Waals surface area contributed by atoms with Gasteiger partial charge in [0.1, 0.15) is 0 Å². The van der Waals surface area contributed by atoms with Crippen molar-refractivity contribution in [1.29, 1.82) is 0 Å². The van der Waals surface area contributed by atoms with E-state index in [0.29, 0.717) is 6.42 Å². The van der Waals surface area contributed by atoms with Crippen LogP contribution in [-0.4, -0.2) is 13.1 Å². The molecule has 0 aliphatic heterocycles. The van der Waals surface area contributed by atoms with Crippen LogP contribution in [0.1, 0.15) is 71.1 Å². The number of hydrogen-bond donors (Lipinski definition) is 0. The Balaban J connectivity index is 3.40. The number of ether oxygens (including phenoxy) is 1. The maximum absolute atomic E-state index is 10.9. The minimum atomic E-state index is -0.108. The van der Waals surface area contributed by atoms with Crippen molar-refractivity contribution in [3.63, 3.8) is 0 Å². The molecule has 0 unspecified atom stereocenters. The third kappa shape index (κ3) is 16.3. The number of unbranched alkanes of at least 4 members (excludes halogenated alkanes) is 7. The van der Waals surface area contributed by atoms with Crippen molar-refractivity contribution in [2.24, 2.45) is 0 Å². The first-order valence-corrected chi connectivity index (χ1v) is 8.01. The normalized spacial score (nSPS) is 9.62. The maximum atomic E-state index is 10.9. The van der Waals surface area contributed by atoms with E-state index in [0.717, 1.165) is 38.5 Å². The molecule has 0 radical (unpaired) electrons. The second-order valence-corrected chi connectivity index (χ2v) is 4.96. The third-order valence-electron chi connectivity index (χ3n) is 3.06. The van der Waals surface area contributed by atoms with Crippen molar-refractivity contribution >= 4 is 5.97 Å². The monoisotopic (exact) mass is 288 g/mol. The van der Waals surface area contributed by atoms with E-state index >= 15 is 0 Å². The molecule has 0 fully saturated rings. The molecule has 0 aromatic carbocycles.